The number of anilines is 1. The number of phenols is 1. The minimum Gasteiger partial charge on any atom is -0.503 e. The number of nitrogens with zero attached hydrogens (tertiary/aromatic N) is 2. The van der Waals surface area contributed by atoms with Crippen molar-refractivity contribution in [2.75, 3.05) is 26.5 Å². The number of phenolic OH excluding ortho intramolecular Hbond substituents is 1. The van der Waals surface area contributed by atoms with Gasteiger partial charge in [0.15, 0.2) is 17.3 Å². The second kappa shape index (κ2) is 10.2. The van der Waals surface area contributed by atoms with E-state index in [4.69, 9.17) is 16.3 Å². The molecule has 1 aromatic heterocycles. The number of fused-ring (bicyclic) bond motifs is 1. The topological polar surface area (TPSA) is 74.7 Å². The van der Waals surface area contributed by atoms with E-state index in [-0.39, 0.29) is 16.6 Å². The lowest BCUT2D eigenvalue weighted by atomic mass is 9.90. The van der Waals surface area contributed by atoms with Gasteiger partial charge in [-0.15, -0.1) is 0 Å². The van der Waals surface area contributed by atoms with Crippen molar-refractivity contribution in [1.82, 2.24) is 9.88 Å². The van der Waals surface area contributed by atoms with E-state index in [2.05, 4.69) is 29.3 Å². The van der Waals surface area contributed by atoms with Crippen LogP contribution in [0, 0.1) is 0 Å². The molecule has 1 aliphatic rings. The Kier molecular flexibility index (Phi) is 7.29. The summed E-state index contributed by atoms with van der Waals surface area (Å²) in [6.07, 6.45) is 6.47. The number of rotatable bonds is 7. The van der Waals surface area contributed by atoms with E-state index in [1.54, 1.807) is 18.3 Å². The van der Waals surface area contributed by atoms with Crippen LogP contribution in [-0.4, -0.2) is 54.1 Å². The maximum absolute atomic E-state index is 12.8. The number of hydrogen-bond donors (Lipinski definition) is 2. The van der Waals surface area contributed by atoms with Crippen LogP contribution in [0.4, 0.5) is 5.69 Å². The van der Waals surface area contributed by atoms with Crippen LogP contribution >= 0.6 is 11.6 Å². The number of aromatic nitrogens is 1. The van der Waals surface area contributed by atoms with Gasteiger partial charge in [0.2, 0.25) is 0 Å². The minimum absolute atomic E-state index is 0.0682. The Morgan fingerprint density at radius 3 is 2.56 bits per heavy atom. The van der Waals surface area contributed by atoms with Crippen LogP contribution in [0.2, 0.25) is 5.02 Å². The first-order valence-corrected chi connectivity index (χ1v) is 12.2. The van der Waals surface area contributed by atoms with Gasteiger partial charge in [0.05, 0.1) is 28.9 Å². The largest absolute Gasteiger partial charge is 0.503 e. The lowest BCUT2D eigenvalue weighted by Gasteiger charge is -2.34. The van der Waals surface area contributed by atoms with Crippen molar-refractivity contribution < 1.29 is 14.6 Å². The molecule has 1 heterocycles. The molecule has 0 unspecified atom stereocenters. The van der Waals surface area contributed by atoms with Crippen LogP contribution in [0.15, 0.2) is 36.5 Å². The van der Waals surface area contributed by atoms with Gasteiger partial charge in [0.1, 0.15) is 0 Å². The molecule has 1 saturated carbocycles. The molecule has 180 valence electrons. The zero-order valence-electron chi connectivity index (χ0n) is 20.2. The summed E-state index contributed by atoms with van der Waals surface area (Å²) in [5, 5.41) is 15.0. The molecule has 2 N–H and O–H groups in total. The zero-order chi connectivity index (χ0) is 24.4. The zero-order valence-corrected chi connectivity index (χ0v) is 20.9. The van der Waals surface area contributed by atoms with Gasteiger partial charge in [0.25, 0.3) is 0 Å². The molecule has 0 bridgehead atoms. The average molecular weight is 482 g/mol. The number of carbonyl (C=O) groups is 1. The van der Waals surface area contributed by atoms with Crippen molar-refractivity contribution >= 4 is 34.0 Å². The van der Waals surface area contributed by atoms with E-state index in [0.29, 0.717) is 29.8 Å². The molecular formula is C27H32ClN3O3. The van der Waals surface area contributed by atoms with E-state index in [1.165, 1.54) is 7.11 Å². The predicted molar refractivity (Wildman–Crippen MR) is 138 cm³/mol. The molecule has 0 amide bonds. The summed E-state index contributed by atoms with van der Waals surface area (Å²) in [6.45, 7) is 1.87. The van der Waals surface area contributed by atoms with Gasteiger partial charge in [-0.25, -0.2) is 0 Å². The maximum atomic E-state index is 12.8. The van der Waals surface area contributed by atoms with E-state index < -0.39 is 0 Å². The first kappa shape index (κ1) is 24.3. The molecule has 0 atom stereocenters. The number of nitrogens with one attached hydrogen (secondary N) is 1. The molecule has 0 saturated heterocycles. The Hall–Kier alpha value is -2.83. The number of pyridine rings is 1. The van der Waals surface area contributed by atoms with Gasteiger partial charge in [-0.2, -0.15) is 0 Å². The fourth-order valence-electron chi connectivity index (χ4n) is 4.77. The van der Waals surface area contributed by atoms with Gasteiger partial charge in [-0.05, 0) is 75.2 Å². The third-order valence-electron chi connectivity index (χ3n) is 6.85. The third kappa shape index (κ3) is 4.84. The van der Waals surface area contributed by atoms with Gasteiger partial charge in [-0.1, -0.05) is 24.6 Å². The van der Waals surface area contributed by atoms with E-state index in [0.717, 1.165) is 53.4 Å². The van der Waals surface area contributed by atoms with Crippen LogP contribution in [0.1, 0.15) is 49.4 Å². The number of hydrogen-bond acceptors (Lipinski definition) is 6. The molecule has 1 fully saturated rings. The lowest BCUT2D eigenvalue weighted by molar-refractivity contribution is 0.0988. The van der Waals surface area contributed by atoms with Crippen molar-refractivity contribution in [3.05, 3.63) is 47.1 Å². The van der Waals surface area contributed by atoms with Crippen molar-refractivity contribution in [3.63, 3.8) is 0 Å². The molecule has 2 aromatic carbocycles. The van der Waals surface area contributed by atoms with Crippen LogP contribution in [-0.2, 0) is 0 Å². The highest BCUT2D eigenvalue weighted by Gasteiger charge is 2.24. The van der Waals surface area contributed by atoms with Crippen molar-refractivity contribution in [2.24, 2.45) is 0 Å². The number of methoxy groups -OCH3 is 1. The number of ether oxygens (including phenoxy) is 1. The quantitative estimate of drug-likeness (QED) is 0.394. The summed E-state index contributed by atoms with van der Waals surface area (Å²) in [4.78, 5) is 19.7. The molecule has 1 aliphatic carbocycles. The number of carbonyl (C=O) groups excluding carboxylic acids is 1. The highest BCUT2D eigenvalue weighted by atomic mass is 35.5. The van der Waals surface area contributed by atoms with E-state index in [9.17, 15) is 9.90 Å². The van der Waals surface area contributed by atoms with Crippen LogP contribution in [0.5, 0.6) is 11.5 Å². The van der Waals surface area contributed by atoms with Crippen molar-refractivity contribution in [2.45, 2.75) is 51.1 Å². The SMILES string of the molecule is CCC(=O)c1cnc2ccc(-c3cc(Cl)c(O)c(OC)c3)cc2c1N[C@H]1CC[C@H](N(C)C)CC1. The Bertz CT molecular complexity index is 1200. The number of aromatic hydroxyl groups is 1. The molecule has 3 aromatic rings. The molecule has 0 radical (unpaired) electrons. The summed E-state index contributed by atoms with van der Waals surface area (Å²) >= 11 is 6.24. The molecule has 7 heteroatoms. The van der Waals surface area contributed by atoms with Crippen molar-refractivity contribution in [1.29, 1.82) is 0 Å². The molecule has 0 aliphatic heterocycles. The first-order chi connectivity index (χ1) is 16.3. The number of Topliss-reactive ketones (excluding diaryl/α,β-unsaturated/α-hetero) is 1. The maximum Gasteiger partial charge on any atom is 0.176 e. The fourth-order valence-corrected chi connectivity index (χ4v) is 4.98. The highest BCUT2D eigenvalue weighted by molar-refractivity contribution is 6.32. The Morgan fingerprint density at radius 1 is 1.18 bits per heavy atom. The van der Waals surface area contributed by atoms with Gasteiger partial charge >= 0.3 is 0 Å². The standard InChI is InChI=1S/C27H32ClN3O3/c1-5-24(32)21-15-29-23-11-6-16(17-13-22(28)27(33)25(14-17)34-4)12-20(23)26(21)30-18-7-9-19(10-8-18)31(2)3/h6,11-15,18-19,33H,5,7-10H2,1-4H3,(H,29,30)/t18-,19-. The van der Waals surface area contributed by atoms with Crippen LogP contribution in [0.3, 0.4) is 0 Å². The first-order valence-electron chi connectivity index (χ1n) is 11.8. The van der Waals surface area contributed by atoms with E-state index >= 15 is 0 Å². The summed E-state index contributed by atoms with van der Waals surface area (Å²) in [6, 6.07) is 10.3. The lowest BCUT2D eigenvalue weighted by Crippen LogP contribution is -2.36. The summed E-state index contributed by atoms with van der Waals surface area (Å²) in [5.41, 5.74) is 4.01. The van der Waals surface area contributed by atoms with Gasteiger partial charge in [0, 0.05) is 30.1 Å². The van der Waals surface area contributed by atoms with E-state index in [1.807, 2.05) is 25.1 Å². The monoisotopic (exact) mass is 481 g/mol. The molecule has 6 nitrogen and oxygen atoms in total. The third-order valence-corrected chi connectivity index (χ3v) is 7.13. The Labute approximate surface area is 205 Å². The summed E-state index contributed by atoms with van der Waals surface area (Å²) < 4.78 is 5.28. The average Bonchev–Trinajstić information content (AvgIpc) is 2.85. The molecule has 4 rings (SSSR count). The minimum atomic E-state index is -0.0816. The molecule has 34 heavy (non-hydrogen) atoms. The number of ketones is 1. The Morgan fingerprint density at radius 2 is 1.91 bits per heavy atom. The van der Waals surface area contributed by atoms with Gasteiger partial charge in [-0.3, -0.25) is 9.78 Å². The van der Waals surface area contributed by atoms with Crippen LogP contribution in [0.25, 0.3) is 22.0 Å². The highest BCUT2D eigenvalue weighted by Crippen LogP contribution is 2.40. The normalized spacial score (nSPS) is 18.3. The Balaban J connectivity index is 1.78. The summed E-state index contributed by atoms with van der Waals surface area (Å²) in [7, 11) is 5.77. The smallest absolute Gasteiger partial charge is 0.176 e. The molecule has 0 spiro atoms. The molecular weight excluding hydrogens is 450 g/mol. The van der Waals surface area contributed by atoms with Crippen LogP contribution < -0.4 is 10.1 Å². The second-order valence-corrected chi connectivity index (χ2v) is 9.59. The number of halogens is 1. The fraction of sp³-hybridized carbons (Fsp3) is 0.407. The second-order valence-electron chi connectivity index (χ2n) is 9.18. The summed E-state index contributed by atoms with van der Waals surface area (Å²) in [5.74, 6) is 0.298. The number of benzene rings is 2. The predicted octanol–water partition coefficient (Wildman–Crippen LogP) is 6.15. The van der Waals surface area contributed by atoms with Gasteiger partial charge < -0.3 is 20.1 Å². The van der Waals surface area contributed by atoms with Crippen molar-refractivity contribution in [3.8, 4) is 22.6 Å².